The van der Waals surface area contributed by atoms with Gasteiger partial charge in [-0.05, 0) is 12.8 Å². The second-order valence-corrected chi connectivity index (χ2v) is 6.43. The van der Waals surface area contributed by atoms with Crippen molar-refractivity contribution in [2.75, 3.05) is 0 Å². The molecule has 0 saturated carbocycles. The van der Waals surface area contributed by atoms with Crippen LogP contribution in [-0.2, 0) is 6.54 Å². The molecule has 23 heavy (non-hydrogen) atoms. The Morgan fingerprint density at radius 1 is 1.43 bits per heavy atom. The molecule has 1 atom stereocenters. The van der Waals surface area contributed by atoms with Gasteiger partial charge in [0.2, 0.25) is 5.89 Å². The highest BCUT2D eigenvalue weighted by Crippen LogP contribution is 2.19. The Bertz CT molecular complexity index is 777. The Labute approximate surface area is 136 Å². The number of aryl methyl sites for hydroxylation is 1. The Hall–Kier alpha value is -2.42. The van der Waals surface area contributed by atoms with Crippen LogP contribution in [0.5, 0.6) is 0 Å². The van der Waals surface area contributed by atoms with Crippen LogP contribution in [0.25, 0.3) is 4.96 Å². The molecule has 0 aliphatic carbocycles. The number of amides is 2. The van der Waals surface area contributed by atoms with Crippen LogP contribution in [0, 0.1) is 12.8 Å². The molecular weight excluding hydrogens is 316 g/mol. The van der Waals surface area contributed by atoms with Crippen molar-refractivity contribution in [1.82, 2.24) is 30.2 Å². The molecule has 3 aromatic heterocycles. The van der Waals surface area contributed by atoms with E-state index >= 15 is 0 Å². The van der Waals surface area contributed by atoms with Gasteiger partial charge in [0.15, 0.2) is 10.8 Å². The standard InChI is InChI=1S/C14H18N6O2S/c1-8(2)11(12-16-9(3)19-22-12)18-13(21)15-6-10-7-20-4-5-23-14(20)17-10/h4-5,7-8,11H,6H2,1-3H3,(H2,15,18,21). The lowest BCUT2D eigenvalue weighted by molar-refractivity contribution is 0.224. The zero-order valence-electron chi connectivity index (χ0n) is 13.1. The Balaban J connectivity index is 1.59. The zero-order valence-corrected chi connectivity index (χ0v) is 13.9. The third kappa shape index (κ3) is 3.50. The number of thiazole rings is 1. The van der Waals surface area contributed by atoms with E-state index < -0.39 is 0 Å². The predicted octanol–water partition coefficient (Wildman–Crippen LogP) is 2.28. The number of nitrogens with zero attached hydrogens (tertiary/aromatic N) is 4. The molecule has 0 aliphatic rings. The molecule has 9 heteroatoms. The zero-order chi connectivity index (χ0) is 16.4. The number of nitrogens with one attached hydrogen (secondary N) is 2. The summed E-state index contributed by atoms with van der Waals surface area (Å²) in [6.45, 7) is 6.06. The summed E-state index contributed by atoms with van der Waals surface area (Å²) < 4.78 is 7.09. The van der Waals surface area contributed by atoms with Gasteiger partial charge in [0, 0.05) is 17.8 Å². The number of hydrogen-bond acceptors (Lipinski definition) is 6. The van der Waals surface area contributed by atoms with Crippen molar-refractivity contribution in [3.05, 3.63) is 35.2 Å². The SMILES string of the molecule is Cc1noc(C(NC(=O)NCc2cn3ccsc3n2)C(C)C)n1. The first kappa shape index (κ1) is 15.5. The van der Waals surface area contributed by atoms with Crippen molar-refractivity contribution in [3.8, 4) is 0 Å². The molecule has 0 bridgehead atoms. The van der Waals surface area contributed by atoms with Crippen LogP contribution in [0.2, 0.25) is 0 Å². The van der Waals surface area contributed by atoms with Gasteiger partial charge in [-0.2, -0.15) is 4.98 Å². The summed E-state index contributed by atoms with van der Waals surface area (Å²) in [6.07, 6.45) is 3.83. The molecule has 0 saturated heterocycles. The second-order valence-electron chi connectivity index (χ2n) is 5.55. The fourth-order valence-corrected chi connectivity index (χ4v) is 2.90. The van der Waals surface area contributed by atoms with Crippen molar-refractivity contribution in [3.63, 3.8) is 0 Å². The molecule has 2 amide bonds. The highest BCUT2D eigenvalue weighted by atomic mass is 32.1. The molecule has 0 aromatic carbocycles. The van der Waals surface area contributed by atoms with Gasteiger partial charge in [-0.15, -0.1) is 11.3 Å². The smallest absolute Gasteiger partial charge is 0.315 e. The number of imidazole rings is 1. The fraction of sp³-hybridized carbons (Fsp3) is 0.429. The molecule has 0 spiro atoms. The van der Waals surface area contributed by atoms with E-state index in [1.807, 2.05) is 36.0 Å². The third-order valence-electron chi connectivity index (χ3n) is 3.34. The number of carbonyl (C=O) groups excluding carboxylic acids is 1. The van der Waals surface area contributed by atoms with Gasteiger partial charge in [-0.25, -0.2) is 9.78 Å². The molecule has 0 aliphatic heterocycles. The van der Waals surface area contributed by atoms with Crippen LogP contribution >= 0.6 is 11.3 Å². The minimum absolute atomic E-state index is 0.124. The van der Waals surface area contributed by atoms with Crippen LogP contribution in [0.3, 0.4) is 0 Å². The first-order valence-corrected chi connectivity index (χ1v) is 8.16. The molecule has 3 heterocycles. The second kappa shape index (κ2) is 6.37. The molecular formula is C14H18N6O2S. The first-order chi connectivity index (χ1) is 11.0. The van der Waals surface area contributed by atoms with E-state index in [2.05, 4.69) is 25.8 Å². The Morgan fingerprint density at radius 3 is 2.91 bits per heavy atom. The summed E-state index contributed by atoms with van der Waals surface area (Å²) in [6, 6.07) is -0.627. The summed E-state index contributed by atoms with van der Waals surface area (Å²) in [5, 5.41) is 11.4. The monoisotopic (exact) mass is 334 g/mol. The Kier molecular flexibility index (Phi) is 4.28. The quantitative estimate of drug-likeness (QED) is 0.746. The van der Waals surface area contributed by atoms with E-state index in [4.69, 9.17) is 4.52 Å². The summed E-state index contributed by atoms with van der Waals surface area (Å²) >= 11 is 1.55. The normalized spacial score (nSPS) is 12.7. The average molecular weight is 334 g/mol. The first-order valence-electron chi connectivity index (χ1n) is 7.28. The van der Waals surface area contributed by atoms with E-state index in [0.717, 1.165) is 10.7 Å². The van der Waals surface area contributed by atoms with Crippen LogP contribution in [-0.4, -0.2) is 25.6 Å². The number of carbonyl (C=O) groups is 1. The minimum atomic E-state index is -0.332. The van der Waals surface area contributed by atoms with E-state index in [-0.39, 0.29) is 18.0 Å². The summed E-state index contributed by atoms with van der Waals surface area (Å²) in [5.41, 5.74) is 0.807. The molecule has 3 rings (SSSR count). The predicted molar refractivity (Wildman–Crippen MR) is 85.1 cm³/mol. The number of fused-ring (bicyclic) bond motifs is 1. The summed E-state index contributed by atoms with van der Waals surface area (Å²) in [7, 11) is 0. The van der Waals surface area contributed by atoms with Crippen molar-refractivity contribution in [2.45, 2.75) is 33.4 Å². The van der Waals surface area contributed by atoms with Gasteiger partial charge in [0.05, 0.1) is 12.2 Å². The van der Waals surface area contributed by atoms with E-state index in [0.29, 0.717) is 18.3 Å². The van der Waals surface area contributed by atoms with Crippen LogP contribution in [0.4, 0.5) is 4.79 Å². The maximum atomic E-state index is 12.1. The fourth-order valence-electron chi connectivity index (χ4n) is 2.18. The largest absolute Gasteiger partial charge is 0.337 e. The average Bonchev–Trinajstić information content (AvgIpc) is 3.17. The number of urea groups is 1. The van der Waals surface area contributed by atoms with Gasteiger partial charge in [-0.1, -0.05) is 19.0 Å². The van der Waals surface area contributed by atoms with Crippen LogP contribution in [0.1, 0.15) is 37.3 Å². The van der Waals surface area contributed by atoms with Crippen LogP contribution < -0.4 is 10.6 Å². The van der Waals surface area contributed by atoms with Crippen molar-refractivity contribution >= 4 is 22.3 Å². The minimum Gasteiger partial charge on any atom is -0.337 e. The molecule has 2 N–H and O–H groups in total. The lowest BCUT2D eigenvalue weighted by Crippen LogP contribution is -2.39. The third-order valence-corrected chi connectivity index (χ3v) is 4.11. The number of aromatic nitrogens is 4. The van der Waals surface area contributed by atoms with E-state index in [9.17, 15) is 4.79 Å². The Morgan fingerprint density at radius 2 is 2.26 bits per heavy atom. The highest BCUT2D eigenvalue weighted by molar-refractivity contribution is 7.15. The number of hydrogen-bond donors (Lipinski definition) is 2. The van der Waals surface area contributed by atoms with E-state index in [1.165, 1.54) is 0 Å². The van der Waals surface area contributed by atoms with Gasteiger partial charge in [0.1, 0.15) is 6.04 Å². The van der Waals surface area contributed by atoms with Crippen LogP contribution in [0.15, 0.2) is 22.3 Å². The molecule has 3 aromatic rings. The summed E-state index contributed by atoms with van der Waals surface area (Å²) in [4.78, 5) is 21.6. The van der Waals surface area contributed by atoms with Gasteiger partial charge in [0.25, 0.3) is 0 Å². The highest BCUT2D eigenvalue weighted by Gasteiger charge is 2.23. The molecule has 1 unspecified atom stereocenters. The van der Waals surface area contributed by atoms with Gasteiger partial charge in [-0.3, -0.25) is 4.40 Å². The number of rotatable bonds is 5. The topological polar surface area (TPSA) is 97.3 Å². The maximum absolute atomic E-state index is 12.1. The van der Waals surface area contributed by atoms with Gasteiger partial charge < -0.3 is 15.2 Å². The summed E-state index contributed by atoms with van der Waals surface area (Å²) in [5.74, 6) is 1.08. The molecule has 8 nitrogen and oxygen atoms in total. The molecule has 0 fully saturated rings. The van der Waals surface area contributed by atoms with Gasteiger partial charge >= 0.3 is 6.03 Å². The molecule has 0 radical (unpaired) electrons. The lowest BCUT2D eigenvalue weighted by Gasteiger charge is -2.18. The maximum Gasteiger partial charge on any atom is 0.315 e. The van der Waals surface area contributed by atoms with Crippen molar-refractivity contribution < 1.29 is 9.32 Å². The lowest BCUT2D eigenvalue weighted by atomic mass is 10.0. The van der Waals surface area contributed by atoms with E-state index in [1.54, 1.807) is 18.3 Å². The van der Waals surface area contributed by atoms with Crippen molar-refractivity contribution in [1.29, 1.82) is 0 Å². The van der Waals surface area contributed by atoms with Crippen molar-refractivity contribution in [2.24, 2.45) is 5.92 Å². The molecule has 122 valence electrons.